The molecule has 0 N–H and O–H groups in total. The van der Waals surface area contributed by atoms with Crippen molar-refractivity contribution in [2.75, 3.05) is 13.2 Å². The summed E-state index contributed by atoms with van der Waals surface area (Å²) in [5, 5.41) is 0. The van der Waals surface area contributed by atoms with E-state index in [2.05, 4.69) is 52.0 Å². The number of carbonyl (C=O) groups excluding carboxylic acids is 2. The first-order valence-electron chi connectivity index (χ1n) is 12.1. The molecular formula is C29H46O4. The van der Waals surface area contributed by atoms with Gasteiger partial charge in [0, 0.05) is 13.8 Å². The third-order valence-electron chi connectivity index (χ3n) is 5.23. The van der Waals surface area contributed by atoms with E-state index in [1.54, 1.807) is 0 Å². The number of carbonyl (C=O) groups is 2. The molecular weight excluding hydrogens is 412 g/mol. The normalized spacial score (nSPS) is 13.1. The average molecular weight is 459 g/mol. The van der Waals surface area contributed by atoms with Gasteiger partial charge in [-0.2, -0.15) is 0 Å². The van der Waals surface area contributed by atoms with Crippen LogP contribution in [0.5, 0.6) is 0 Å². The van der Waals surface area contributed by atoms with E-state index in [4.69, 9.17) is 9.47 Å². The molecule has 0 saturated carbocycles. The lowest BCUT2D eigenvalue weighted by Gasteiger charge is -2.08. The molecule has 0 aromatic heterocycles. The van der Waals surface area contributed by atoms with Gasteiger partial charge in [0.05, 0.1) is 0 Å². The summed E-state index contributed by atoms with van der Waals surface area (Å²) in [5.74, 6) is -0.520. The molecule has 0 heterocycles. The zero-order valence-electron chi connectivity index (χ0n) is 22.1. The molecule has 0 aromatic carbocycles. The Morgan fingerprint density at radius 2 is 1.00 bits per heavy atom. The van der Waals surface area contributed by atoms with Crippen LogP contribution in [0.1, 0.15) is 99.8 Å². The van der Waals surface area contributed by atoms with Crippen molar-refractivity contribution in [1.29, 1.82) is 0 Å². The van der Waals surface area contributed by atoms with Crippen LogP contribution in [-0.2, 0) is 19.1 Å². The molecule has 0 spiro atoms. The standard InChI is InChI=1S/C29H46O4/c1-23(2)12-8-13-24(3)14-9-15-25(4)16-10-18-29(22-33-28(7)31)19-11-17-26(5)20-21-32-27(6)30/h12,14,16,19-20H,8-11,13,15,17-18,21-22H2,1-7H3/b24-14+,25-16+,26-20+,29-19-. The lowest BCUT2D eigenvalue weighted by Crippen LogP contribution is -2.03. The van der Waals surface area contributed by atoms with Crippen LogP contribution in [0.3, 0.4) is 0 Å². The second kappa shape index (κ2) is 19.1. The lowest BCUT2D eigenvalue weighted by atomic mass is 10.0. The van der Waals surface area contributed by atoms with Gasteiger partial charge in [-0.05, 0) is 97.6 Å². The van der Waals surface area contributed by atoms with Gasteiger partial charge in [0.1, 0.15) is 13.2 Å². The van der Waals surface area contributed by atoms with Crippen LogP contribution in [-0.4, -0.2) is 25.2 Å². The highest BCUT2D eigenvalue weighted by Gasteiger charge is 2.01. The Hall–Kier alpha value is -2.36. The predicted molar refractivity (Wildman–Crippen MR) is 139 cm³/mol. The maximum absolute atomic E-state index is 11.2. The van der Waals surface area contributed by atoms with E-state index in [0.717, 1.165) is 56.9 Å². The number of esters is 2. The number of hydrogen-bond acceptors (Lipinski definition) is 4. The maximum atomic E-state index is 11.2. The van der Waals surface area contributed by atoms with Crippen LogP contribution in [0.4, 0.5) is 0 Å². The minimum absolute atomic E-state index is 0.253. The minimum Gasteiger partial charge on any atom is -0.462 e. The minimum atomic E-state index is -0.267. The van der Waals surface area contributed by atoms with Gasteiger partial charge in [-0.25, -0.2) is 0 Å². The highest BCUT2D eigenvalue weighted by molar-refractivity contribution is 5.66. The molecule has 0 unspecified atom stereocenters. The Bertz CT molecular complexity index is 744. The molecule has 186 valence electrons. The highest BCUT2D eigenvalue weighted by atomic mass is 16.5. The van der Waals surface area contributed by atoms with Crippen molar-refractivity contribution >= 4 is 11.9 Å². The molecule has 0 aliphatic carbocycles. The monoisotopic (exact) mass is 458 g/mol. The first-order valence-corrected chi connectivity index (χ1v) is 12.1. The Morgan fingerprint density at radius 1 is 0.545 bits per heavy atom. The van der Waals surface area contributed by atoms with Gasteiger partial charge in [-0.1, -0.05) is 46.6 Å². The largest absolute Gasteiger partial charge is 0.462 e. The van der Waals surface area contributed by atoms with Crippen molar-refractivity contribution in [1.82, 2.24) is 0 Å². The fourth-order valence-corrected chi connectivity index (χ4v) is 3.18. The van der Waals surface area contributed by atoms with Crippen LogP contribution in [0.15, 0.2) is 58.2 Å². The van der Waals surface area contributed by atoms with Crippen LogP contribution in [0.2, 0.25) is 0 Å². The highest BCUT2D eigenvalue weighted by Crippen LogP contribution is 2.15. The van der Waals surface area contributed by atoms with Gasteiger partial charge < -0.3 is 9.47 Å². The molecule has 0 aliphatic rings. The zero-order valence-corrected chi connectivity index (χ0v) is 22.1. The van der Waals surface area contributed by atoms with E-state index in [-0.39, 0.29) is 11.9 Å². The fourth-order valence-electron chi connectivity index (χ4n) is 3.18. The summed E-state index contributed by atoms with van der Waals surface area (Å²) in [6, 6.07) is 0. The lowest BCUT2D eigenvalue weighted by molar-refractivity contribution is -0.140. The van der Waals surface area contributed by atoms with Crippen molar-refractivity contribution in [2.45, 2.75) is 99.8 Å². The first kappa shape index (κ1) is 30.6. The summed E-state index contributed by atoms with van der Waals surface area (Å²) in [4.78, 5) is 22.1. The predicted octanol–water partition coefficient (Wildman–Crippen LogP) is 7.96. The van der Waals surface area contributed by atoms with E-state index in [9.17, 15) is 9.59 Å². The molecule has 0 fully saturated rings. The summed E-state index contributed by atoms with van der Waals surface area (Å²) >= 11 is 0. The molecule has 0 bridgehead atoms. The van der Waals surface area contributed by atoms with Crippen LogP contribution in [0, 0.1) is 0 Å². The average Bonchev–Trinajstić information content (AvgIpc) is 2.71. The summed E-state index contributed by atoms with van der Waals surface area (Å²) in [6.45, 7) is 14.3. The summed E-state index contributed by atoms with van der Waals surface area (Å²) < 4.78 is 10.2. The quantitative estimate of drug-likeness (QED) is 0.174. The first-order chi connectivity index (χ1) is 15.6. The van der Waals surface area contributed by atoms with E-state index >= 15 is 0 Å². The van der Waals surface area contributed by atoms with Gasteiger partial charge in [0.2, 0.25) is 0 Å². The third kappa shape index (κ3) is 21.3. The van der Waals surface area contributed by atoms with E-state index in [1.165, 1.54) is 36.1 Å². The van der Waals surface area contributed by atoms with Crippen LogP contribution >= 0.6 is 0 Å². The Kier molecular flexibility index (Phi) is 17.8. The van der Waals surface area contributed by atoms with Crippen molar-refractivity contribution in [3.8, 4) is 0 Å². The summed E-state index contributed by atoms with van der Waals surface area (Å²) in [5.41, 5.74) is 6.58. The molecule has 0 aromatic rings. The van der Waals surface area contributed by atoms with Gasteiger partial charge in [0.25, 0.3) is 0 Å². The second-order valence-corrected chi connectivity index (χ2v) is 9.03. The fraction of sp³-hybridized carbons (Fsp3) is 0.586. The van der Waals surface area contributed by atoms with Crippen molar-refractivity contribution in [3.63, 3.8) is 0 Å². The SMILES string of the molecule is CC(=O)OC/C=C(\C)CC/C=C(/CC/C=C(\C)CC/C=C(\C)CCC=C(C)C)COC(C)=O. The van der Waals surface area contributed by atoms with Crippen molar-refractivity contribution < 1.29 is 19.1 Å². The number of rotatable bonds is 16. The Balaban J connectivity index is 4.56. The molecule has 0 saturated heterocycles. The second-order valence-electron chi connectivity index (χ2n) is 9.03. The molecule has 0 atom stereocenters. The molecule has 4 nitrogen and oxygen atoms in total. The van der Waals surface area contributed by atoms with Gasteiger partial charge in [0.15, 0.2) is 0 Å². The molecule has 0 amide bonds. The van der Waals surface area contributed by atoms with E-state index in [0.29, 0.717) is 13.2 Å². The third-order valence-corrected chi connectivity index (χ3v) is 5.23. The smallest absolute Gasteiger partial charge is 0.302 e. The molecule has 4 heteroatoms. The van der Waals surface area contributed by atoms with Crippen LogP contribution < -0.4 is 0 Å². The molecule has 0 aliphatic heterocycles. The van der Waals surface area contributed by atoms with E-state index < -0.39 is 0 Å². The zero-order chi connectivity index (χ0) is 25.1. The van der Waals surface area contributed by atoms with Crippen LogP contribution in [0.25, 0.3) is 0 Å². The van der Waals surface area contributed by atoms with E-state index in [1.807, 2.05) is 13.0 Å². The van der Waals surface area contributed by atoms with Gasteiger partial charge >= 0.3 is 11.9 Å². The Morgan fingerprint density at radius 3 is 1.52 bits per heavy atom. The van der Waals surface area contributed by atoms with Crippen molar-refractivity contribution in [2.24, 2.45) is 0 Å². The Labute approximate surface area is 202 Å². The molecule has 0 radical (unpaired) electrons. The van der Waals surface area contributed by atoms with Gasteiger partial charge in [-0.3, -0.25) is 9.59 Å². The molecule has 0 rings (SSSR count). The number of ether oxygens (including phenoxy) is 2. The summed E-state index contributed by atoms with van der Waals surface area (Å²) in [7, 11) is 0. The maximum Gasteiger partial charge on any atom is 0.302 e. The molecule has 33 heavy (non-hydrogen) atoms. The van der Waals surface area contributed by atoms with Crippen molar-refractivity contribution in [3.05, 3.63) is 58.2 Å². The summed E-state index contributed by atoms with van der Waals surface area (Å²) in [6.07, 6.45) is 19.1. The number of hydrogen-bond donors (Lipinski definition) is 0. The van der Waals surface area contributed by atoms with Gasteiger partial charge in [-0.15, -0.1) is 0 Å². The topological polar surface area (TPSA) is 52.6 Å². The number of allylic oxidation sites excluding steroid dienone is 8.